The fourth-order valence-corrected chi connectivity index (χ4v) is 2.02. The lowest BCUT2D eigenvalue weighted by Gasteiger charge is -2.22. The number of nitrogens with one attached hydrogen (secondary N) is 1. The average molecular weight is 251 g/mol. The van der Waals surface area contributed by atoms with Crippen molar-refractivity contribution in [1.29, 1.82) is 0 Å². The van der Waals surface area contributed by atoms with Gasteiger partial charge in [0.1, 0.15) is 5.75 Å². The maximum absolute atomic E-state index is 5.19. The van der Waals surface area contributed by atoms with Gasteiger partial charge >= 0.3 is 0 Å². The Hall–Kier alpha value is -1.06. The molecule has 1 N–H and O–H groups in total. The van der Waals surface area contributed by atoms with Crippen molar-refractivity contribution >= 4 is 0 Å². The summed E-state index contributed by atoms with van der Waals surface area (Å²) in [5.74, 6) is 2.04. The molecule has 0 saturated heterocycles. The summed E-state index contributed by atoms with van der Waals surface area (Å²) in [6.45, 7) is 7.15. The van der Waals surface area contributed by atoms with Crippen LogP contribution in [0, 0.1) is 5.92 Å². The molecular formula is C15H25NO2. The highest BCUT2D eigenvalue weighted by molar-refractivity contribution is 5.29. The molecule has 0 aliphatic heterocycles. The van der Waals surface area contributed by atoms with Crippen LogP contribution in [0.2, 0.25) is 0 Å². The van der Waals surface area contributed by atoms with Crippen molar-refractivity contribution in [3.63, 3.8) is 0 Å². The molecule has 0 saturated carbocycles. The van der Waals surface area contributed by atoms with Gasteiger partial charge in [-0.3, -0.25) is 0 Å². The standard InChI is InChI=1S/C15H25NO2/c1-12(2)15(11-16-9-10-17-3)13-5-7-14(18-4)8-6-13/h5-8,12,15-16H,9-11H2,1-4H3. The zero-order chi connectivity index (χ0) is 13.4. The van der Waals surface area contributed by atoms with E-state index in [0.717, 1.165) is 25.4 Å². The highest BCUT2D eigenvalue weighted by atomic mass is 16.5. The molecule has 102 valence electrons. The quantitative estimate of drug-likeness (QED) is 0.721. The third-order valence-corrected chi connectivity index (χ3v) is 3.20. The Morgan fingerprint density at radius 1 is 1.11 bits per heavy atom. The van der Waals surface area contributed by atoms with Crippen molar-refractivity contribution in [2.24, 2.45) is 5.92 Å². The fourth-order valence-electron chi connectivity index (χ4n) is 2.02. The second-order valence-electron chi connectivity index (χ2n) is 4.82. The molecule has 0 amide bonds. The summed E-state index contributed by atoms with van der Waals surface area (Å²) in [5, 5.41) is 3.44. The summed E-state index contributed by atoms with van der Waals surface area (Å²) >= 11 is 0. The summed E-state index contributed by atoms with van der Waals surface area (Å²) in [5.41, 5.74) is 1.36. The minimum atomic E-state index is 0.521. The fraction of sp³-hybridized carbons (Fsp3) is 0.600. The molecule has 1 aromatic carbocycles. The molecule has 3 heteroatoms. The van der Waals surface area contributed by atoms with Crippen LogP contribution in [0.15, 0.2) is 24.3 Å². The van der Waals surface area contributed by atoms with Gasteiger partial charge < -0.3 is 14.8 Å². The Balaban J connectivity index is 2.59. The smallest absolute Gasteiger partial charge is 0.118 e. The van der Waals surface area contributed by atoms with Gasteiger partial charge in [-0.15, -0.1) is 0 Å². The summed E-state index contributed by atoms with van der Waals surface area (Å²) in [6, 6.07) is 8.36. The first kappa shape index (κ1) is 15.0. The maximum atomic E-state index is 5.19. The summed E-state index contributed by atoms with van der Waals surface area (Å²) < 4.78 is 10.2. The molecule has 1 aromatic rings. The van der Waals surface area contributed by atoms with Crippen LogP contribution in [0.3, 0.4) is 0 Å². The van der Waals surface area contributed by atoms with E-state index in [-0.39, 0.29) is 0 Å². The van der Waals surface area contributed by atoms with E-state index in [1.807, 2.05) is 12.1 Å². The highest BCUT2D eigenvalue weighted by Crippen LogP contribution is 2.25. The van der Waals surface area contributed by atoms with E-state index >= 15 is 0 Å². The molecular weight excluding hydrogens is 226 g/mol. The zero-order valence-electron chi connectivity index (χ0n) is 11.9. The maximum Gasteiger partial charge on any atom is 0.118 e. The van der Waals surface area contributed by atoms with Crippen LogP contribution >= 0.6 is 0 Å². The lowest BCUT2D eigenvalue weighted by Crippen LogP contribution is -2.27. The molecule has 0 aromatic heterocycles. The predicted octanol–water partition coefficient (Wildman–Crippen LogP) is 2.67. The lowest BCUT2D eigenvalue weighted by atomic mass is 9.88. The van der Waals surface area contributed by atoms with Gasteiger partial charge in [-0.1, -0.05) is 26.0 Å². The summed E-state index contributed by atoms with van der Waals surface area (Å²) in [6.07, 6.45) is 0. The molecule has 0 aliphatic rings. The van der Waals surface area contributed by atoms with Crippen LogP contribution < -0.4 is 10.1 Å². The van der Waals surface area contributed by atoms with Gasteiger partial charge in [-0.2, -0.15) is 0 Å². The first-order valence-electron chi connectivity index (χ1n) is 6.52. The third kappa shape index (κ3) is 4.67. The largest absolute Gasteiger partial charge is 0.497 e. The number of ether oxygens (including phenoxy) is 2. The van der Waals surface area contributed by atoms with Crippen LogP contribution in [0.4, 0.5) is 0 Å². The molecule has 0 bridgehead atoms. The Kier molecular flexibility index (Phi) is 6.76. The Bertz CT molecular complexity index is 322. The summed E-state index contributed by atoms with van der Waals surface area (Å²) in [4.78, 5) is 0. The molecule has 1 unspecified atom stereocenters. The van der Waals surface area contributed by atoms with Crippen molar-refractivity contribution in [2.75, 3.05) is 33.9 Å². The Morgan fingerprint density at radius 3 is 2.28 bits per heavy atom. The van der Waals surface area contributed by atoms with Crippen molar-refractivity contribution < 1.29 is 9.47 Å². The van der Waals surface area contributed by atoms with Crippen molar-refractivity contribution in [3.05, 3.63) is 29.8 Å². The number of methoxy groups -OCH3 is 2. The third-order valence-electron chi connectivity index (χ3n) is 3.20. The topological polar surface area (TPSA) is 30.5 Å². The summed E-state index contributed by atoms with van der Waals surface area (Å²) in [7, 11) is 3.42. The molecule has 1 rings (SSSR count). The SMILES string of the molecule is COCCNCC(c1ccc(OC)cc1)C(C)C. The van der Waals surface area contributed by atoms with Gasteiger partial charge in [0.25, 0.3) is 0 Å². The minimum Gasteiger partial charge on any atom is -0.497 e. The van der Waals surface area contributed by atoms with Crippen LogP contribution in [0.5, 0.6) is 5.75 Å². The van der Waals surface area contributed by atoms with Crippen LogP contribution in [-0.2, 0) is 4.74 Å². The highest BCUT2D eigenvalue weighted by Gasteiger charge is 2.15. The van der Waals surface area contributed by atoms with E-state index in [2.05, 4.69) is 31.3 Å². The zero-order valence-corrected chi connectivity index (χ0v) is 11.9. The number of hydrogen-bond donors (Lipinski definition) is 1. The average Bonchev–Trinajstić information content (AvgIpc) is 2.39. The second kappa shape index (κ2) is 8.11. The van der Waals surface area contributed by atoms with E-state index < -0.39 is 0 Å². The van der Waals surface area contributed by atoms with Gasteiger partial charge in [-0.05, 0) is 29.5 Å². The molecule has 0 aliphatic carbocycles. The normalized spacial score (nSPS) is 12.7. The van der Waals surface area contributed by atoms with Gasteiger partial charge in [0, 0.05) is 20.2 Å². The van der Waals surface area contributed by atoms with E-state index in [9.17, 15) is 0 Å². The molecule has 0 spiro atoms. The van der Waals surface area contributed by atoms with Gasteiger partial charge in [0.05, 0.1) is 13.7 Å². The number of rotatable bonds is 8. The van der Waals surface area contributed by atoms with Crippen LogP contribution in [0.1, 0.15) is 25.3 Å². The van der Waals surface area contributed by atoms with Crippen molar-refractivity contribution in [3.8, 4) is 5.75 Å². The molecule has 3 nitrogen and oxygen atoms in total. The lowest BCUT2D eigenvalue weighted by molar-refractivity contribution is 0.198. The first-order valence-corrected chi connectivity index (χ1v) is 6.52. The Morgan fingerprint density at radius 2 is 1.78 bits per heavy atom. The van der Waals surface area contributed by atoms with Crippen LogP contribution in [-0.4, -0.2) is 33.9 Å². The van der Waals surface area contributed by atoms with Crippen molar-refractivity contribution in [2.45, 2.75) is 19.8 Å². The molecule has 0 heterocycles. The predicted molar refractivity (Wildman–Crippen MR) is 75.3 cm³/mol. The molecule has 0 radical (unpaired) electrons. The van der Waals surface area contributed by atoms with Gasteiger partial charge in [0.15, 0.2) is 0 Å². The van der Waals surface area contributed by atoms with Gasteiger partial charge in [-0.25, -0.2) is 0 Å². The van der Waals surface area contributed by atoms with Crippen LogP contribution in [0.25, 0.3) is 0 Å². The molecule has 18 heavy (non-hydrogen) atoms. The van der Waals surface area contributed by atoms with E-state index in [0.29, 0.717) is 11.8 Å². The monoisotopic (exact) mass is 251 g/mol. The minimum absolute atomic E-state index is 0.521. The first-order chi connectivity index (χ1) is 8.69. The second-order valence-corrected chi connectivity index (χ2v) is 4.82. The van der Waals surface area contributed by atoms with E-state index in [1.165, 1.54) is 5.56 Å². The number of hydrogen-bond acceptors (Lipinski definition) is 3. The Labute approximate surface area is 110 Å². The van der Waals surface area contributed by atoms with E-state index in [4.69, 9.17) is 9.47 Å². The van der Waals surface area contributed by atoms with E-state index in [1.54, 1.807) is 14.2 Å². The van der Waals surface area contributed by atoms with Crippen molar-refractivity contribution in [1.82, 2.24) is 5.32 Å². The molecule has 0 fully saturated rings. The molecule has 1 atom stereocenters. The van der Waals surface area contributed by atoms with Gasteiger partial charge in [0.2, 0.25) is 0 Å². The number of benzene rings is 1.